The van der Waals surface area contributed by atoms with Gasteiger partial charge in [-0.3, -0.25) is 4.79 Å². The normalized spacial score (nSPS) is 20.2. The van der Waals surface area contributed by atoms with Crippen LogP contribution in [0.2, 0.25) is 0 Å². The molecule has 6 heteroatoms. The Kier molecular flexibility index (Phi) is 4.72. The number of hydrogen-bond donors (Lipinski definition) is 1. The number of amides is 1. The third kappa shape index (κ3) is 3.48. The molecule has 0 aromatic heterocycles. The average Bonchev–Trinajstić information content (AvgIpc) is 2.35. The van der Waals surface area contributed by atoms with Gasteiger partial charge < -0.3 is 14.9 Å². The van der Waals surface area contributed by atoms with Crippen LogP contribution in [0.3, 0.4) is 0 Å². The topological polar surface area (TPSA) is 84.6 Å². The number of carboxylic acid groups (broad SMARTS) is 1. The van der Waals surface area contributed by atoms with E-state index in [4.69, 9.17) is 10.4 Å². The van der Waals surface area contributed by atoms with Crippen LogP contribution in [0.15, 0.2) is 11.8 Å². The third-order valence-electron chi connectivity index (χ3n) is 2.97. The summed E-state index contributed by atoms with van der Waals surface area (Å²) in [7, 11) is 3.37. The minimum Gasteiger partial charge on any atom is -0.465 e. The largest absolute Gasteiger partial charge is 0.465 e. The number of hydrogen-bond acceptors (Lipinski definition) is 4. The molecule has 0 aromatic rings. The second-order valence-electron chi connectivity index (χ2n) is 4.51. The van der Waals surface area contributed by atoms with E-state index in [1.807, 2.05) is 6.07 Å². The Bertz CT molecular complexity index is 409. The van der Waals surface area contributed by atoms with E-state index in [1.165, 1.54) is 11.0 Å². The molecule has 0 spiro atoms. The smallest absolute Gasteiger partial charge is 0.407 e. The highest BCUT2D eigenvalue weighted by Crippen LogP contribution is 2.18. The fourth-order valence-corrected chi connectivity index (χ4v) is 1.90. The molecule has 1 saturated heterocycles. The van der Waals surface area contributed by atoms with Crippen molar-refractivity contribution in [1.82, 2.24) is 9.80 Å². The summed E-state index contributed by atoms with van der Waals surface area (Å²) >= 11 is 0. The van der Waals surface area contributed by atoms with Gasteiger partial charge in [-0.1, -0.05) is 0 Å². The lowest BCUT2D eigenvalue weighted by molar-refractivity contribution is -0.119. The van der Waals surface area contributed by atoms with Gasteiger partial charge in [-0.05, 0) is 12.8 Å². The van der Waals surface area contributed by atoms with Gasteiger partial charge in [-0.25, -0.2) is 4.79 Å². The van der Waals surface area contributed by atoms with Crippen molar-refractivity contribution in [2.75, 3.05) is 27.2 Å². The van der Waals surface area contributed by atoms with Gasteiger partial charge in [0.15, 0.2) is 5.78 Å². The summed E-state index contributed by atoms with van der Waals surface area (Å²) < 4.78 is 0. The maximum atomic E-state index is 12.0. The molecule has 1 fully saturated rings. The molecule has 1 aliphatic heterocycles. The first-order valence-corrected chi connectivity index (χ1v) is 5.76. The summed E-state index contributed by atoms with van der Waals surface area (Å²) in [5.74, 6) is -0.510. The van der Waals surface area contributed by atoms with Gasteiger partial charge in [0.2, 0.25) is 0 Å². The Labute approximate surface area is 106 Å². The Morgan fingerprint density at radius 3 is 2.67 bits per heavy atom. The SMILES string of the molecule is CN(C)/C(C#N)=C/C(=O)C1CCCN(C(=O)O)C1. The van der Waals surface area contributed by atoms with Crippen molar-refractivity contribution in [3.8, 4) is 6.07 Å². The third-order valence-corrected chi connectivity index (χ3v) is 2.97. The van der Waals surface area contributed by atoms with Gasteiger partial charge in [0.1, 0.15) is 11.8 Å². The highest BCUT2D eigenvalue weighted by atomic mass is 16.4. The van der Waals surface area contributed by atoms with Gasteiger partial charge >= 0.3 is 6.09 Å². The molecule has 1 unspecified atom stereocenters. The zero-order valence-electron chi connectivity index (χ0n) is 10.6. The highest BCUT2D eigenvalue weighted by molar-refractivity contribution is 5.93. The lowest BCUT2D eigenvalue weighted by Crippen LogP contribution is -2.41. The quantitative estimate of drug-likeness (QED) is 0.595. The van der Waals surface area contributed by atoms with Crippen LogP contribution in [-0.2, 0) is 4.79 Å². The Hall–Kier alpha value is -2.03. The van der Waals surface area contributed by atoms with E-state index in [0.717, 1.165) is 0 Å². The van der Waals surface area contributed by atoms with Crippen molar-refractivity contribution in [1.29, 1.82) is 5.26 Å². The Morgan fingerprint density at radius 1 is 1.50 bits per heavy atom. The highest BCUT2D eigenvalue weighted by Gasteiger charge is 2.27. The lowest BCUT2D eigenvalue weighted by atomic mass is 9.93. The van der Waals surface area contributed by atoms with Gasteiger partial charge in [0.25, 0.3) is 0 Å². The van der Waals surface area contributed by atoms with Crippen molar-refractivity contribution >= 4 is 11.9 Å². The zero-order chi connectivity index (χ0) is 13.7. The van der Waals surface area contributed by atoms with Crippen molar-refractivity contribution < 1.29 is 14.7 Å². The molecule has 1 aliphatic rings. The van der Waals surface area contributed by atoms with Crippen molar-refractivity contribution in [2.24, 2.45) is 5.92 Å². The van der Waals surface area contributed by atoms with Gasteiger partial charge in [-0.15, -0.1) is 0 Å². The van der Waals surface area contributed by atoms with Crippen molar-refractivity contribution in [3.05, 3.63) is 11.8 Å². The molecule has 98 valence electrons. The molecule has 6 nitrogen and oxygen atoms in total. The van der Waals surface area contributed by atoms with Gasteiger partial charge in [0.05, 0.1) is 0 Å². The number of carbonyl (C=O) groups is 2. The first-order valence-electron chi connectivity index (χ1n) is 5.76. The van der Waals surface area contributed by atoms with E-state index in [1.54, 1.807) is 19.0 Å². The van der Waals surface area contributed by atoms with Gasteiger partial charge in [-0.2, -0.15) is 5.26 Å². The van der Waals surface area contributed by atoms with Crippen LogP contribution in [0, 0.1) is 17.2 Å². The first kappa shape index (κ1) is 14.0. The predicted molar refractivity (Wildman–Crippen MR) is 64.7 cm³/mol. The molecule has 1 heterocycles. The van der Waals surface area contributed by atoms with Crippen LogP contribution in [0.1, 0.15) is 12.8 Å². The summed E-state index contributed by atoms with van der Waals surface area (Å²) in [6.07, 6.45) is 1.66. The Balaban J connectivity index is 2.73. The van der Waals surface area contributed by atoms with E-state index in [0.29, 0.717) is 19.4 Å². The number of piperidine rings is 1. The van der Waals surface area contributed by atoms with Crippen molar-refractivity contribution in [2.45, 2.75) is 12.8 Å². The van der Waals surface area contributed by atoms with E-state index in [2.05, 4.69) is 0 Å². The molecule has 1 atom stereocenters. The molecule has 18 heavy (non-hydrogen) atoms. The number of rotatable bonds is 3. The molecular weight excluding hydrogens is 234 g/mol. The summed E-state index contributed by atoms with van der Waals surface area (Å²) in [6.45, 7) is 0.693. The minimum absolute atomic E-state index is 0.175. The number of likely N-dealkylation sites (tertiary alicyclic amines) is 1. The number of carbonyl (C=O) groups excluding carboxylic acids is 1. The van der Waals surface area contributed by atoms with E-state index in [9.17, 15) is 9.59 Å². The standard InChI is InChI=1S/C12H17N3O3/c1-14(2)10(7-13)6-11(16)9-4-3-5-15(8-9)12(17)18/h6,9H,3-5,8H2,1-2H3,(H,17,18)/b10-6+. The summed E-state index contributed by atoms with van der Waals surface area (Å²) in [6, 6.07) is 1.94. The minimum atomic E-state index is -0.996. The monoisotopic (exact) mass is 251 g/mol. The first-order chi connectivity index (χ1) is 8.45. The average molecular weight is 251 g/mol. The molecule has 0 radical (unpaired) electrons. The summed E-state index contributed by atoms with van der Waals surface area (Å²) in [4.78, 5) is 25.6. The fourth-order valence-electron chi connectivity index (χ4n) is 1.90. The molecule has 1 rings (SSSR count). The number of ketones is 1. The van der Waals surface area contributed by atoms with Crippen molar-refractivity contribution in [3.63, 3.8) is 0 Å². The summed E-state index contributed by atoms with van der Waals surface area (Å²) in [5.41, 5.74) is 0.285. The molecule has 1 amide bonds. The van der Waals surface area contributed by atoms with Crippen LogP contribution >= 0.6 is 0 Å². The molecule has 0 saturated carbocycles. The van der Waals surface area contributed by atoms with Crippen LogP contribution in [0.25, 0.3) is 0 Å². The van der Waals surface area contributed by atoms with Crippen LogP contribution in [0.5, 0.6) is 0 Å². The number of allylic oxidation sites excluding steroid dienone is 2. The predicted octanol–water partition coefficient (Wildman–Crippen LogP) is 0.915. The van der Waals surface area contributed by atoms with E-state index >= 15 is 0 Å². The number of nitrogens with zero attached hydrogens (tertiary/aromatic N) is 3. The fraction of sp³-hybridized carbons (Fsp3) is 0.583. The maximum absolute atomic E-state index is 12.0. The second-order valence-corrected chi connectivity index (χ2v) is 4.51. The van der Waals surface area contributed by atoms with Crippen LogP contribution in [-0.4, -0.2) is 54.0 Å². The summed E-state index contributed by atoms with van der Waals surface area (Å²) in [5, 5.41) is 17.8. The van der Waals surface area contributed by atoms with E-state index < -0.39 is 6.09 Å². The van der Waals surface area contributed by atoms with E-state index in [-0.39, 0.29) is 23.9 Å². The lowest BCUT2D eigenvalue weighted by Gasteiger charge is -2.29. The maximum Gasteiger partial charge on any atom is 0.407 e. The molecular formula is C12H17N3O3. The van der Waals surface area contributed by atoms with Gasteiger partial charge in [0, 0.05) is 39.2 Å². The zero-order valence-corrected chi connectivity index (χ0v) is 10.6. The Morgan fingerprint density at radius 2 is 2.17 bits per heavy atom. The van der Waals surface area contributed by atoms with Crippen LogP contribution in [0.4, 0.5) is 4.79 Å². The van der Waals surface area contributed by atoms with Crippen LogP contribution < -0.4 is 0 Å². The molecule has 0 aliphatic carbocycles. The molecule has 1 N–H and O–H groups in total. The second kappa shape index (κ2) is 6.05. The number of nitriles is 1. The molecule has 0 bridgehead atoms. The molecule has 0 aromatic carbocycles.